The van der Waals surface area contributed by atoms with Crippen LogP contribution in [0.5, 0.6) is 0 Å². The molecule has 0 amide bonds. The smallest absolute Gasteiger partial charge is 0.338 e. The van der Waals surface area contributed by atoms with Gasteiger partial charge in [-0.1, -0.05) is 24.3 Å². The minimum absolute atomic E-state index is 0.334. The van der Waals surface area contributed by atoms with Crippen molar-refractivity contribution in [2.45, 2.75) is 13.8 Å². The minimum atomic E-state index is -0.334. The lowest BCUT2D eigenvalue weighted by atomic mass is 10.0. The van der Waals surface area contributed by atoms with E-state index in [1.807, 2.05) is 62.2 Å². The van der Waals surface area contributed by atoms with E-state index in [-0.39, 0.29) is 5.97 Å². The van der Waals surface area contributed by atoms with E-state index in [4.69, 9.17) is 4.74 Å². The lowest BCUT2D eigenvalue weighted by molar-refractivity contribution is 0.0599. The Balaban J connectivity index is 2.08. The molecular formula is C19H19N3O2. The highest BCUT2D eigenvalue weighted by atomic mass is 16.5. The minimum Gasteiger partial charge on any atom is -0.465 e. The lowest BCUT2D eigenvalue weighted by Crippen LogP contribution is -2.17. The number of benzene rings is 2. The van der Waals surface area contributed by atoms with Crippen LogP contribution in [0.15, 0.2) is 42.6 Å². The summed E-state index contributed by atoms with van der Waals surface area (Å²) in [5.41, 5.74) is 4.07. The first-order valence-electron chi connectivity index (χ1n) is 7.67. The van der Waals surface area contributed by atoms with E-state index in [1.165, 1.54) is 7.11 Å². The van der Waals surface area contributed by atoms with Crippen LogP contribution in [0.3, 0.4) is 0 Å². The SMILES string of the molecule is COC(=O)c1c(C)ccc(N(C)c2ncc3ccccc3n2)c1C. The van der Waals surface area contributed by atoms with Gasteiger partial charge in [-0.2, -0.15) is 0 Å². The molecule has 0 radical (unpaired) electrons. The number of aryl methyl sites for hydroxylation is 1. The van der Waals surface area contributed by atoms with Gasteiger partial charge in [0, 0.05) is 24.3 Å². The molecule has 0 saturated carbocycles. The van der Waals surface area contributed by atoms with Gasteiger partial charge in [-0.15, -0.1) is 0 Å². The highest BCUT2D eigenvalue weighted by Gasteiger charge is 2.19. The van der Waals surface area contributed by atoms with E-state index in [0.29, 0.717) is 11.5 Å². The second-order valence-corrected chi connectivity index (χ2v) is 5.68. The summed E-state index contributed by atoms with van der Waals surface area (Å²) in [5.74, 6) is 0.246. The molecule has 0 saturated heterocycles. The van der Waals surface area contributed by atoms with Gasteiger partial charge in [-0.3, -0.25) is 0 Å². The number of carbonyl (C=O) groups is 1. The maximum absolute atomic E-state index is 12.1. The Morgan fingerprint density at radius 1 is 1.12 bits per heavy atom. The number of hydrogen-bond donors (Lipinski definition) is 0. The molecule has 0 aliphatic rings. The Kier molecular flexibility index (Phi) is 4.16. The van der Waals surface area contributed by atoms with E-state index >= 15 is 0 Å². The van der Waals surface area contributed by atoms with Gasteiger partial charge in [0.15, 0.2) is 0 Å². The number of carbonyl (C=O) groups excluding carboxylic acids is 1. The standard InChI is InChI=1S/C19H19N3O2/c1-12-9-10-16(13(2)17(12)18(23)24-4)22(3)19-20-11-14-7-5-6-8-15(14)21-19/h5-11H,1-4H3. The van der Waals surface area contributed by atoms with Gasteiger partial charge in [0.2, 0.25) is 5.95 Å². The number of rotatable bonds is 3. The Bertz CT molecular complexity index is 922. The molecule has 1 aromatic heterocycles. The van der Waals surface area contributed by atoms with Crippen molar-refractivity contribution in [3.8, 4) is 0 Å². The van der Waals surface area contributed by atoms with Crippen LogP contribution in [-0.2, 0) is 4.74 Å². The first-order valence-corrected chi connectivity index (χ1v) is 7.67. The van der Waals surface area contributed by atoms with Crippen LogP contribution in [0, 0.1) is 13.8 Å². The largest absolute Gasteiger partial charge is 0.465 e. The number of methoxy groups -OCH3 is 1. The van der Waals surface area contributed by atoms with Gasteiger partial charge in [-0.05, 0) is 37.1 Å². The first kappa shape index (κ1) is 15.9. The average molecular weight is 321 g/mol. The second-order valence-electron chi connectivity index (χ2n) is 5.68. The average Bonchev–Trinajstić information content (AvgIpc) is 2.60. The monoisotopic (exact) mass is 321 g/mol. The van der Waals surface area contributed by atoms with Crippen molar-refractivity contribution in [1.29, 1.82) is 0 Å². The third-order valence-electron chi connectivity index (χ3n) is 4.17. The zero-order chi connectivity index (χ0) is 17.3. The maximum Gasteiger partial charge on any atom is 0.338 e. The lowest BCUT2D eigenvalue weighted by Gasteiger charge is -2.21. The zero-order valence-corrected chi connectivity index (χ0v) is 14.2. The number of hydrogen-bond acceptors (Lipinski definition) is 5. The molecule has 0 unspecified atom stereocenters. The van der Waals surface area contributed by atoms with Crippen molar-refractivity contribution in [3.05, 3.63) is 59.3 Å². The Morgan fingerprint density at radius 3 is 2.62 bits per heavy atom. The molecule has 0 fully saturated rings. The van der Waals surface area contributed by atoms with E-state index < -0.39 is 0 Å². The second kappa shape index (κ2) is 6.28. The van der Waals surface area contributed by atoms with Crippen molar-refractivity contribution < 1.29 is 9.53 Å². The van der Waals surface area contributed by atoms with Crippen molar-refractivity contribution in [2.75, 3.05) is 19.1 Å². The highest BCUT2D eigenvalue weighted by molar-refractivity contribution is 5.94. The summed E-state index contributed by atoms with van der Waals surface area (Å²) in [7, 11) is 3.28. The van der Waals surface area contributed by atoms with Crippen LogP contribution >= 0.6 is 0 Å². The molecule has 122 valence electrons. The summed E-state index contributed by atoms with van der Waals surface area (Å²) < 4.78 is 4.91. The summed E-state index contributed by atoms with van der Waals surface area (Å²) in [4.78, 5) is 23.0. The van der Waals surface area contributed by atoms with Gasteiger partial charge < -0.3 is 9.64 Å². The van der Waals surface area contributed by atoms with Gasteiger partial charge in [0.25, 0.3) is 0 Å². The molecule has 5 heteroatoms. The number of aromatic nitrogens is 2. The molecule has 0 N–H and O–H groups in total. The number of fused-ring (bicyclic) bond motifs is 1. The van der Waals surface area contributed by atoms with Gasteiger partial charge in [0.1, 0.15) is 0 Å². The molecule has 24 heavy (non-hydrogen) atoms. The molecule has 3 rings (SSSR count). The van der Waals surface area contributed by atoms with Crippen molar-refractivity contribution >= 4 is 28.5 Å². The quantitative estimate of drug-likeness (QED) is 0.687. The number of ether oxygens (including phenoxy) is 1. The number of nitrogens with zero attached hydrogens (tertiary/aromatic N) is 3. The van der Waals surface area contributed by atoms with Crippen LogP contribution in [0.1, 0.15) is 21.5 Å². The van der Waals surface area contributed by atoms with Gasteiger partial charge in [0.05, 0.1) is 18.2 Å². The van der Waals surface area contributed by atoms with Crippen molar-refractivity contribution in [3.63, 3.8) is 0 Å². The van der Waals surface area contributed by atoms with Gasteiger partial charge >= 0.3 is 5.97 Å². The molecular weight excluding hydrogens is 302 g/mol. The molecule has 5 nitrogen and oxygen atoms in total. The van der Waals surface area contributed by atoms with E-state index in [0.717, 1.165) is 27.7 Å². The molecule has 0 spiro atoms. The molecule has 0 bridgehead atoms. The fourth-order valence-corrected chi connectivity index (χ4v) is 2.85. The highest BCUT2D eigenvalue weighted by Crippen LogP contribution is 2.29. The first-order chi connectivity index (χ1) is 11.5. The summed E-state index contributed by atoms with van der Waals surface area (Å²) in [6, 6.07) is 11.7. The fraction of sp³-hybridized carbons (Fsp3) is 0.211. The number of para-hydroxylation sites is 1. The molecule has 0 aliphatic carbocycles. The van der Waals surface area contributed by atoms with Crippen molar-refractivity contribution in [2.24, 2.45) is 0 Å². The Labute approximate surface area is 140 Å². The molecule has 2 aromatic carbocycles. The van der Waals surface area contributed by atoms with E-state index in [9.17, 15) is 4.79 Å². The Hall–Kier alpha value is -2.95. The molecule has 1 heterocycles. The van der Waals surface area contributed by atoms with E-state index in [2.05, 4.69) is 9.97 Å². The third kappa shape index (κ3) is 2.69. The number of anilines is 2. The molecule has 0 aliphatic heterocycles. The summed E-state index contributed by atoms with van der Waals surface area (Å²) >= 11 is 0. The normalized spacial score (nSPS) is 10.7. The summed E-state index contributed by atoms with van der Waals surface area (Å²) in [6.07, 6.45) is 1.80. The number of esters is 1. The predicted molar refractivity (Wildman–Crippen MR) is 94.9 cm³/mol. The van der Waals surface area contributed by atoms with E-state index in [1.54, 1.807) is 6.20 Å². The van der Waals surface area contributed by atoms with Crippen LogP contribution in [0.4, 0.5) is 11.6 Å². The van der Waals surface area contributed by atoms with Crippen molar-refractivity contribution in [1.82, 2.24) is 9.97 Å². The topological polar surface area (TPSA) is 55.3 Å². The molecule has 3 aromatic rings. The zero-order valence-electron chi connectivity index (χ0n) is 14.2. The van der Waals surface area contributed by atoms with Crippen LogP contribution in [0.25, 0.3) is 10.9 Å². The van der Waals surface area contributed by atoms with Gasteiger partial charge in [-0.25, -0.2) is 14.8 Å². The van der Waals surface area contributed by atoms with Crippen LogP contribution in [-0.4, -0.2) is 30.1 Å². The summed E-state index contributed by atoms with van der Waals surface area (Å²) in [5, 5.41) is 0.991. The van der Waals surface area contributed by atoms with Crippen LogP contribution < -0.4 is 4.90 Å². The van der Waals surface area contributed by atoms with Crippen LogP contribution in [0.2, 0.25) is 0 Å². The third-order valence-corrected chi connectivity index (χ3v) is 4.17. The maximum atomic E-state index is 12.1. The fourth-order valence-electron chi connectivity index (χ4n) is 2.85. The molecule has 0 atom stereocenters. The Morgan fingerprint density at radius 2 is 1.88 bits per heavy atom. The summed E-state index contributed by atoms with van der Waals surface area (Å²) in [6.45, 7) is 3.81. The predicted octanol–water partition coefficient (Wildman–Crippen LogP) is 3.80.